The largest absolute Gasteiger partial charge is 0.481 e. The average molecular weight is 544 g/mol. The van der Waals surface area contributed by atoms with Crippen molar-refractivity contribution in [3.8, 4) is 5.75 Å². The van der Waals surface area contributed by atoms with Gasteiger partial charge in [-0.15, -0.1) is 0 Å². The summed E-state index contributed by atoms with van der Waals surface area (Å²) in [5.41, 5.74) is 9.67. The van der Waals surface area contributed by atoms with Gasteiger partial charge in [0.1, 0.15) is 6.61 Å². The van der Waals surface area contributed by atoms with E-state index in [4.69, 9.17) is 4.74 Å². The molecular weight excluding hydrogens is 510 g/mol. The summed E-state index contributed by atoms with van der Waals surface area (Å²) in [5.74, 6) is -0.525. The Morgan fingerprint density at radius 2 is 1.68 bits per heavy atom. The lowest BCUT2D eigenvalue weighted by Crippen LogP contribution is -2.45. The van der Waals surface area contributed by atoms with Gasteiger partial charge in [-0.1, -0.05) is 6.07 Å². The van der Waals surface area contributed by atoms with E-state index >= 15 is 0 Å². The van der Waals surface area contributed by atoms with Gasteiger partial charge in [-0.25, -0.2) is 20.0 Å². The number of alkyl halides is 3. The Bertz CT molecular complexity index is 1010. The number of fused-ring (bicyclic) bond motifs is 2. The number of amides is 2. The predicted molar refractivity (Wildman–Crippen MR) is 127 cm³/mol. The predicted octanol–water partition coefficient (Wildman–Crippen LogP) is 2.72. The maximum absolute atomic E-state index is 14.1. The number of ether oxygens (including phenoxy) is 2. The Morgan fingerprint density at radius 1 is 0.974 bits per heavy atom. The highest BCUT2D eigenvalue weighted by atomic mass is 19.4. The summed E-state index contributed by atoms with van der Waals surface area (Å²) >= 11 is 0. The smallest absolute Gasteiger partial charge is 0.422 e. The van der Waals surface area contributed by atoms with Crippen molar-refractivity contribution in [1.29, 1.82) is 0 Å². The van der Waals surface area contributed by atoms with Crippen molar-refractivity contribution in [2.24, 2.45) is 17.8 Å². The third kappa shape index (κ3) is 6.32. The number of rotatable bonds is 5. The van der Waals surface area contributed by atoms with E-state index in [-0.39, 0.29) is 24.5 Å². The van der Waals surface area contributed by atoms with Crippen LogP contribution in [0.15, 0.2) is 18.2 Å². The van der Waals surface area contributed by atoms with E-state index in [0.29, 0.717) is 49.6 Å². The van der Waals surface area contributed by atoms with Crippen molar-refractivity contribution in [2.45, 2.75) is 57.0 Å². The number of hydrogen-bond acceptors (Lipinski definition) is 7. The van der Waals surface area contributed by atoms with Crippen molar-refractivity contribution >= 4 is 12.0 Å². The summed E-state index contributed by atoms with van der Waals surface area (Å²) in [6.07, 6.45) is -0.873. The second kappa shape index (κ2) is 11.2. The minimum Gasteiger partial charge on any atom is -0.481 e. The molecule has 9 nitrogen and oxygen atoms in total. The van der Waals surface area contributed by atoms with Crippen LogP contribution in [0.5, 0.6) is 5.75 Å². The molecule has 4 fully saturated rings. The highest BCUT2D eigenvalue weighted by Crippen LogP contribution is 2.35. The van der Waals surface area contributed by atoms with E-state index in [1.807, 2.05) is 4.90 Å². The third-order valence-electron chi connectivity index (χ3n) is 8.15. The lowest BCUT2D eigenvalue weighted by Gasteiger charge is -2.32. The standard InChI is InChI=1S/C25H33F4N5O4/c26-19-9-15(1-4-22(19)38-14-25(27,28)29)13-37-24(36)33-7-5-17-11-34(12-18(17)6-8-33)23(35)16-2-3-20-21(10-16)31-32-30-20/h1,4,9,16-18,20-21,30-32H,2-3,5-8,10-14H2/t16?,17-,18+,20?,21?. The SMILES string of the molecule is O=C(OCc1ccc(OCC(F)(F)F)c(F)c1)N1CC[C@@H]2CN(C(=O)C3CCC4NNNC4C3)C[C@@H]2CC1. The molecule has 1 saturated carbocycles. The molecule has 3 saturated heterocycles. The highest BCUT2D eigenvalue weighted by Gasteiger charge is 2.42. The Kier molecular flexibility index (Phi) is 7.96. The molecule has 3 aliphatic heterocycles. The molecule has 5 rings (SSSR count). The molecule has 1 aliphatic carbocycles. The summed E-state index contributed by atoms with van der Waals surface area (Å²) < 4.78 is 60.7. The zero-order valence-electron chi connectivity index (χ0n) is 20.9. The van der Waals surface area contributed by atoms with Crippen molar-refractivity contribution in [3.05, 3.63) is 29.6 Å². The molecule has 3 unspecified atom stereocenters. The zero-order chi connectivity index (χ0) is 26.9. The quantitative estimate of drug-likeness (QED) is 0.492. The van der Waals surface area contributed by atoms with Gasteiger partial charge in [-0.3, -0.25) is 4.79 Å². The molecule has 38 heavy (non-hydrogen) atoms. The fourth-order valence-corrected chi connectivity index (χ4v) is 6.07. The summed E-state index contributed by atoms with van der Waals surface area (Å²) in [6.45, 7) is 0.648. The van der Waals surface area contributed by atoms with Crippen LogP contribution in [0.3, 0.4) is 0 Å². The van der Waals surface area contributed by atoms with Gasteiger partial charge in [0.2, 0.25) is 5.91 Å². The first-order chi connectivity index (χ1) is 18.2. The molecule has 0 aromatic heterocycles. The third-order valence-corrected chi connectivity index (χ3v) is 8.15. The minimum atomic E-state index is -4.57. The van der Waals surface area contributed by atoms with Crippen molar-refractivity contribution in [3.63, 3.8) is 0 Å². The topological polar surface area (TPSA) is 95.2 Å². The van der Waals surface area contributed by atoms with E-state index in [0.717, 1.165) is 44.2 Å². The molecule has 4 aliphatic rings. The Morgan fingerprint density at radius 3 is 2.37 bits per heavy atom. The van der Waals surface area contributed by atoms with Crippen LogP contribution in [0.4, 0.5) is 22.4 Å². The number of halogens is 4. The molecule has 5 atom stereocenters. The number of carbonyl (C=O) groups is 2. The van der Waals surface area contributed by atoms with Crippen LogP contribution in [0.25, 0.3) is 0 Å². The molecule has 0 bridgehead atoms. The van der Waals surface area contributed by atoms with Crippen molar-refractivity contribution < 1.29 is 36.6 Å². The zero-order valence-corrected chi connectivity index (χ0v) is 20.9. The minimum absolute atomic E-state index is 0.0365. The Labute approximate surface area is 218 Å². The van der Waals surface area contributed by atoms with E-state index in [2.05, 4.69) is 21.1 Å². The highest BCUT2D eigenvalue weighted by molar-refractivity contribution is 5.79. The van der Waals surface area contributed by atoms with Gasteiger partial charge < -0.3 is 19.3 Å². The first-order valence-electron chi connectivity index (χ1n) is 13.1. The Hall–Kier alpha value is -2.64. The molecule has 1 aromatic carbocycles. The summed E-state index contributed by atoms with van der Waals surface area (Å²) in [7, 11) is 0. The van der Waals surface area contributed by atoms with Gasteiger partial charge in [0, 0.05) is 44.2 Å². The summed E-state index contributed by atoms with van der Waals surface area (Å²) in [6, 6.07) is 4.09. The van der Waals surface area contributed by atoms with Crippen LogP contribution < -0.4 is 21.1 Å². The van der Waals surface area contributed by atoms with Crippen LogP contribution in [0.2, 0.25) is 0 Å². The van der Waals surface area contributed by atoms with E-state index < -0.39 is 30.4 Å². The number of benzene rings is 1. The van der Waals surface area contributed by atoms with Gasteiger partial charge in [0.05, 0.1) is 0 Å². The maximum atomic E-state index is 14.1. The maximum Gasteiger partial charge on any atom is 0.422 e. The first-order valence-corrected chi connectivity index (χ1v) is 13.1. The first kappa shape index (κ1) is 26.9. The molecule has 3 heterocycles. The number of carbonyl (C=O) groups excluding carboxylic acids is 2. The lowest BCUT2D eigenvalue weighted by molar-refractivity contribution is -0.153. The van der Waals surface area contributed by atoms with Gasteiger partial charge in [0.25, 0.3) is 0 Å². The molecule has 210 valence electrons. The number of nitrogens with zero attached hydrogens (tertiary/aromatic N) is 2. The van der Waals surface area contributed by atoms with Crippen LogP contribution in [-0.2, 0) is 16.1 Å². The van der Waals surface area contributed by atoms with Gasteiger partial charge >= 0.3 is 12.3 Å². The molecular formula is C25H33F4N5O4. The summed E-state index contributed by atoms with van der Waals surface area (Å²) in [4.78, 5) is 29.5. The van der Waals surface area contributed by atoms with Crippen LogP contribution in [0.1, 0.15) is 37.7 Å². The van der Waals surface area contributed by atoms with Gasteiger partial charge in [0.15, 0.2) is 18.2 Å². The molecule has 2 amide bonds. The van der Waals surface area contributed by atoms with Crippen LogP contribution in [0, 0.1) is 23.6 Å². The second-order valence-electron chi connectivity index (χ2n) is 10.7. The monoisotopic (exact) mass is 543 g/mol. The van der Waals surface area contributed by atoms with E-state index in [9.17, 15) is 27.2 Å². The van der Waals surface area contributed by atoms with Crippen LogP contribution in [-0.4, -0.2) is 72.8 Å². The molecule has 0 radical (unpaired) electrons. The molecule has 3 N–H and O–H groups in total. The fraction of sp³-hybridized carbons (Fsp3) is 0.680. The molecule has 13 heteroatoms. The van der Waals surface area contributed by atoms with E-state index in [1.54, 1.807) is 4.90 Å². The van der Waals surface area contributed by atoms with Crippen molar-refractivity contribution in [1.82, 2.24) is 26.2 Å². The van der Waals surface area contributed by atoms with Gasteiger partial charge in [-0.2, -0.15) is 18.7 Å². The van der Waals surface area contributed by atoms with Crippen LogP contribution >= 0.6 is 0 Å². The second-order valence-corrected chi connectivity index (χ2v) is 10.7. The number of hydrazine groups is 2. The van der Waals surface area contributed by atoms with E-state index in [1.165, 1.54) is 6.07 Å². The Balaban J connectivity index is 1.07. The number of nitrogens with one attached hydrogen (secondary N) is 3. The fourth-order valence-electron chi connectivity index (χ4n) is 6.07. The molecule has 1 aromatic rings. The van der Waals surface area contributed by atoms with Crippen molar-refractivity contribution in [2.75, 3.05) is 32.8 Å². The normalized spacial score (nSPS) is 29.4. The number of hydrogen-bond donors (Lipinski definition) is 3. The average Bonchev–Trinajstić information content (AvgIpc) is 3.47. The summed E-state index contributed by atoms with van der Waals surface area (Å²) in [5, 5.41) is 0. The van der Waals surface area contributed by atoms with Gasteiger partial charge in [-0.05, 0) is 61.6 Å². The number of likely N-dealkylation sites (tertiary alicyclic amines) is 2. The molecule has 0 spiro atoms. The lowest BCUT2D eigenvalue weighted by atomic mass is 9.82.